The minimum atomic E-state index is -0.0799. The lowest BCUT2D eigenvalue weighted by Gasteiger charge is -2.13. The van der Waals surface area contributed by atoms with E-state index in [2.05, 4.69) is 339 Å². The number of aromatic nitrogens is 24. The minimum absolute atomic E-state index is 0.0556. The number of nitrogens with zero attached hydrogens (tertiary/aromatic N) is 24. The van der Waals surface area contributed by atoms with Crippen molar-refractivity contribution in [1.82, 2.24) is 118 Å². The van der Waals surface area contributed by atoms with Gasteiger partial charge in [0.25, 0.3) is 5.89 Å². The third-order valence-corrected chi connectivity index (χ3v) is 12.0. The Labute approximate surface area is 652 Å². The molecule has 11 rings (SSSR count). The Kier molecular flexibility index (Phi) is 50.1. The van der Waals surface area contributed by atoms with Gasteiger partial charge in [-0.2, -0.15) is 23.3 Å². The molecule has 0 aliphatic heterocycles. The maximum Gasteiger partial charge on any atom is 0.253 e. The van der Waals surface area contributed by atoms with Crippen LogP contribution in [-0.4, -0.2) is 118 Å². The van der Waals surface area contributed by atoms with Gasteiger partial charge < -0.3 is 13.5 Å². The fourth-order valence-electron chi connectivity index (χ4n) is 4.51. The van der Waals surface area contributed by atoms with E-state index in [1.165, 1.54) is 53.8 Å². The molecule has 11 aromatic heterocycles. The molecule has 0 aliphatic carbocycles. The summed E-state index contributed by atoms with van der Waals surface area (Å²) in [6, 6.07) is 2.06. The van der Waals surface area contributed by atoms with Crippen LogP contribution >= 0.6 is 46.1 Å². The maximum absolute atomic E-state index is 4.73. The van der Waals surface area contributed by atoms with Crippen LogP contribution in [0.1, 0.15) is 296 Å². The lowest BCUT2D eigenvalue weighted by molar-refractivity contribution is 0.287. The second-order valence-corrected chi connectivity index (χ2v) is 39.8. The summed E-state index contributed by atoms with van der Waals surface area (Å²) in [5, 5.41) is 46.2. The maximum atomic E-state index is 4.73. The van der Waals surface area contributed by atoms with Gasteiger partial charge in [-0.15, -0.1) is 16.4 Å². The first-order valence-electron chi connectivity index (χ1n) is 34.6. The van der Waals surface area contributed by atoms with Crippen LogP contribution in [-0.2, 0) is 59.0 Å². The van der Waals surface area contributed by atoms with Gasteiger partial charge in [0.05, 0.1) is 64.1 Å². The Morgan fingerprint density at radius 2 is 1.00 bits per heavy atom. The fraction of sp³-hybridized carbons (Fsp3) is 0.689. The van der Waals surface area contributed by atoms with Gasteiger partial charge in [0.1, 0.15) is 41.0 Å². The van der Waals surface area contributed by atoms with Crippen molar-refractivity contribution in [2.24, 2.45) is 42.8 Å². The van der Waals surface area contributed by atoms with E-state index in [0.29, 0.717) is 33.4 Å². The Bertz CT molecular complexity index is 3050. The van der Waals surface area contributed by atoms with Gasteiger partial charge in [0.15, 0.2) is 6.39 Å². The summed E-state index contributed by atoms with van der Waals surface area (Å²) in [6.45, 7) is 78.6. The monoisotopic (exact) mass is 1550 g/mol. The molecule has 106 heavy (non-hydrogen) atoms. The van der Waals surface area contributed by atoms with Crippen molar-refractivity contribution in [3.63, 3.8) is 0 Å². The number of hydrogen-bond donors (Lipinski definition) is 0. The van der Waals surface area contributed by atoms with Crippen LogP contribution in [0, 0.1) is 21.7 Å². The van der Waals surface area contributed by atoms with Crippen molar-refractivity contribution >= 4 is 46.1 Å². The van der Waals surface area contributed by atoms with E-state index >= 15 is 0 Å². The first kappa shape index (κ1) is 105. The number of aryl methyl sites for hydroxylation is 3. The lowest BCUT2D eigenvalue weighted by Crippen LogP contribution is -2.13. The lowest BCUT2D eigenvalue weighted by atomic mass is 9.93. The molecule has 0 bridgehead atoms. The summed E-state index contributed by atoms with van der Waals surface area (Å²) in [5.41, 5.74) is 9.15. The standard InChI is InChI=1S/C8H14N2.C6H10N2O.2C6H10N2S.2C5H9N3O.C5H9N3S.4C5H12.C4H6N2.C3H5N3.C3H3NO.C3H3NS/c1-8(2,3)7-5-6-10(4)9-7;1-6(2,3)5-4-7-9-8-5;1-6(2,3)5-7-4-9-8-5;1-6(2,3)5-4-7-9-8-5;1-5(2,3)4-6-7-8-9-4;1-5(2,3)4-6-8-9-7-4;1-5(2,3)4-6-7-8-9-4;4*1-5(2,3)4;1-6-3-2-5-4-6;1-6-3-4-2-5-6;2*1-2-5-3-4-1/h5-6H,1-4H3;3*4H,1-3H3;3*1-3H3;4*1-4H3;2-4H,1H3;2-3H,1H3;2*1-3H. The molecule has 600 valence electrons. The van der Waals surface area contributed by atoms with Crippen LogP contribution in [0.25, 0.3) is 0 Å². The van der Waals surface area contributed by atoms with Gasteiger partial charge >= 0.3 is 0 Å². The van der Waals surface area contributed by atoms with Gasteiger partial charge in [-0.05, 0) is 54.8 Å². The zero-order chi connectivity index (χ0) is 83.1. The topological polar surface area (TPSA) is 338 Å². The third kappa shape index (κ3) is 73.2. The smallest absolute Gasteiger partial charge is 0.253 e. The van der Waals surface area contributed by atoms with Gasteiger partial charge in [-0.1, -0.05) is 281 Å². The molecule has 0 radical (unpaired) electrons. The molecule has 32 heteroatoms. The molecule has 0 unspecified atom stereocenters. The third-order valence-electron chi connectivity index (χ3n) is 9.49. The van der Waals surface area contributed by atoms with E-state index in [0.717, 1.165) is 27.9 Å². The first-order chi connectivity index (χ1) is 47.9. The second kappa shape index (κ2) is 50.8. The van der Waals surface area contributed by atoms with Crippen LogP contribution in [0.15, 0.2) is 116 Å². The number of rotatable bonds is 0. The predicted octanol–water partition coefficient (Wildman–Crippen LogP) is 19.8. The molecule has 11 aromatic rings. The highest BCUT2D eigenvalue weighted by Crippen LogP contribution is 2.23. The van der Waals surface area contributed by atoms with Crippen molar-refractivity contribution in [2.75, 3.05) is 0 Å². The van der Waals surface area contributed by atoms with Gasteiger partial charge in [0, 0.05) is 101 Å². The van der Waals surface area contributed by atoms with Gasteiger partial charge in [-0.25, -0.2) is 29.2 Å². The van der Waals surface area contributed by atoms with E-state index in [1.807, 2.05) is 95.9 Å². The number of imidazole rings is 1. The number of thiazole rings is 1. The van der Waals surface area contributed by atoms with Crippen molar-refractivity contribution in [1.29, 1.82) is 0 Å². The molecule has 0 aromatic carbocycles. The molecule has 0 aliphatic rings. The molecule has 0 N–H and O–H groups in total. The number of oxazole rings is 1. The highest BCUT2D eigenvalue weighted by Gasteiger charge is 2.22. The molecular weight excluding hydrogens is 1420 g/mol. The molecular formula is C74H136N24O4S4. The quantitative estimate of drug-likeness (QED) is 0.136. The highest BCUT2D eigenvalue weighted by molar-refractivity contribution is 7.07. The molecule has 0 amide bonds. The minimum Gasteiger partial charge on any atom is -0.452 e. The van der Waals surface area contributed by atoms with Crippen molar-refractivity contribution in [2.45, 2.75) is 294 Å². The number of hydrogen-bond acceptors (Lipinski definition) is 29. The Hall–Kier alpha value is -7.71. The van der Waals surface area contributed by atoms with Crippen molar-refractivity contribution in [3.05, 3.63) is 137 Å². The van der Waals surface area contributed by atoms with E-state index in [9.17, 15) is 0 Å². The fourth-order valence-corrected chi connectivity index (χ4v) is 6.58. The molecule has 0 atom stereocenters. The normalized spacial score (nSPS) is 11.2. The van der Waals surface area contributed by atoms with E-state index in [1.54, 1.807) is 64.5 Å². The second-order valence-electron chi connectivity index (χ2n) is 37.1. The summed E-state index contributed by atoms with van der Waals surface area (Å²) < 4.78 is 39.2. The Morgan fingerprint density at radius 3 is 1.17 bits per heavy atom. The largest absolute Gasteiger partial charge is 0.452 e. The molecule has 11 heterocycles. The summed E-state index contributed by atoms with van der Waals surface area (Å²) >= 11 is 5.63. The average molecular weight is 1550 g/mol. The Balaban J connectivity index is -0.000000530. The molecule has 0 saturated heterocycles. The van der Waals surface area contributed by atoms with Gasteiger partial charge in [0.2, 0.25) is 5.82 Å². The van der Waals surface area contributed by atoms with Crippen LogP contribution in [0.5, 0.6) is 0 Å². The summed E-state index contributed by atoms with van der Waals surface area (Å²) in [7, 11) is 5.70. The van der Waals surface area contributed by atoms with Crippen LogP contribution in [0.2, 0.25) is 0 Å². The van der Waals surface area contributed by atoms with Crippen LogP contribution < -0.4 is 0 Å². The Morgan fingerprint density at radius 1 is 0.443 bits per heavy atom. The first-order valence-corrected chi connectivity index (χ1v) is 37.8. The molecule has 0 spiro atoms. The average Bonchev–Trinajstić information content (AvgIpc) is 1.72. The van der Waals surface area contributed by atoms with Gasteiger partial charge in [-0.3, -0.25) is 14.3 Å². The molecule has 28 nitrogen and oxygen atoms in total. The summed E-state index contributed by atoms with van der Waals surface area (Å²) in [6.07, 6.45) is 20.2. The zero-order valence-electron chi connectivity index (χ0n) is 72.2. The van der Waals surface area contributed by atoms with Crippen molar-refractivity contribution < 1.29 is 18.2 Å². The van der Waals surface area contributed by atoms with Crippen molar-refractivity contribution in [3.8, 4) is 0 Å². The highest BCUT2D eigenvalue weighted by atomic mass is 32.1. The zero-order valence-corrected chi connectivity index (χ0v) is 75.5. The molecule has 0 saturated carbocycles. The predicted molar refractivity (Wildman–Crippen MR) is 433 cm³/mol. The SMILES string of the molecule is CC(C)(C)C.CC(C)(C)C.CC(C)(C)C.CC(C)(C)C.CC(C)(C)c1cnon1.CC(C)(C)c1cnsn1.CC(C)(C)c1ncsn1.CC(C)(C)c1nnno1.CC(C)(C)c1nnns1.CC(C)(C)c1nnon1.Cn1ccc(C(C)(C)C)n1.Cn1ccnc1.Cn1cncn1.c1cocn1.c1cscn1. The van der Waals surface area contributed by atoms with Crippen LogP contribution in [0.3, 0.4) is 0 Å². The summed E-state index contributed by atoms with van der Waals surface area (Å²) in [5.74, 6) is 2.15. The summed E-state index contributed by atoms with van der Waals surface area (Å²) in [4.78, 5) is 18.8. The molecule has 0 fully saturated rings. The van der Waals surface area contributed by atoms with E-state index in [4.69, 9.17) is 4.52 Å². The van der Waals surface area contributed by atoms with E-state index in [-0.39, 0.29) is 37.9 Å². The van der Waals surface area contributed by atoms with E-state index < -0.39 is 0 Å². The van der Waals surface area contributed by atoms with Crippen LogP contribution in [0.4, 0.5) is 0 Å².